The van der Waals surface area contributed by atoms with Gasteiger partial charge in [-0.15, -0.1) is 0 Å². The zero-order chi connectivity index (χ0) is 16.1. The second-order valence-electron chi connectivity index (χ2n) is 5.26. The first-order valence-corrected chi connectivity index (χ1v) is 7.46. The number of furan rings is 1. The Bertz CT molecular complexity index is 766. The number of anilines is 1. The van der Waals surface area contributed by atoms with Crippen molar-refractivity contribution in [3.8, 4) is 0 Å². The smallest absolute Gasteiger partial charge is 0.305 e. The van der Waals surface area contributed by atoms with E-state index in [0.29, 0.717) is 18.1 Å². The third kappa shape index (κ3) is 3.80. The van der Waals surface area contributed by atoms with Gasteiger partial charge in [0.1, 0.15) is 5.76 Å². The van der Waals surface area contributed by atoms with Crippen LogP contribution in [0, 0.1) is 6.92 Å². The van der Waals surface area contributed by atoms with E-state index >= 15 is 0 Å². The van der Waals surface area contributed by atoms with Crippen LogP contribution >= 0.6 is 0 Å². The number of amides is 1. The van der Waals surface area contributed by atoms with Crippen LogP contribution in [0.4, 0.5) is 5.69 Å². The summed E-state index contributed by atoms with van der Waals surface area (Å²) in [6, 6.07) is 23.2. The minimum atomic E-state index is -0.266. The molecule has 0 aliphatic rings. The van der Waals surface area contributed by atoms with Gasteiger partial charge in [-0.05, 0) is 36.8 Å². The van der Waals surface area contributed by atoms with Crippen molar-refractivity contribution in [3.63, 3.8) is 0 Å². The first-order valence-electron chi connectivity index (χ1n) is 7.46. The summed E-state index contributed by atoms with van der Waals surface area (Å²) in [4.78, 5) is 12.4. The highest BCUT2D eigenvalue weighted by Crippen LogP contribution is 2.15. The molecule has 1 amide bonds. The second-order valence-corrected chi connectivity index (χ2v) is 5.26. The highest BCUT2D eigenvalue weighted by Gasteiger charge is 2.15. The van der Waals surface area contributed by atoms with Crippen molar-refractivity contribution in [2.24, 2.45) is 0 Å². The standard InChI is InChI=1S/C19H18N2O2/c1-15-12-13-18(23-15)19(22)20-21(17-10-6-3-7-11-17)14-16-8-4-2-5-9-16/h2-13H,14H2,1H3,(H,20,22). The van der Waals surface area contributed by atoms with Crippen molar-refractivity contribution >= 4 is 11.6 Å². The molecule has 0 radical (unpaired) electrons. The Balaban J connectivity index is 1.82. The monoisotopic (exact) mass is 306 g/mol. The number of hydrogen-bond donors (Lipinski definition) is 1. The molecule has 0 bridgehead atoms. The van der Waals surface area contributed by atoms with Gasteiger partial charge in [-0.2, -0.15) is 0 Å². The molecule has 0 saturated carbocycles. The zero-order valence-electron chi connectivity index (χ0n) is 12.9. The van der Waals surface area contributed by atoms with Gasteiger partial charge in [-0.25, -0.2) is 0 Å². The predicted octanol–water partition coefficient (Wildman–Crippen LogP) is 3.94. The minimum absolute atomic E-state index is 0.266. The van der Waals surface area contributed by atoms with Gasteiger partial charge in [-0.3, -0.25) is 15.2 Å². The molecule has 3 aromatic rings. The van der Waals surface area contributed by atoms with Crippen LogP contribution in [0.25, 0.3) is 0 Å². The minimum Gasteiger partial charge on any atom is -0.456 e. The lowest BCUT2D eigenvalue weighted by Crippen LogP contribution is -2.41. The number of rotatable bonds is 5. The Morgan fingerprint density at radius 1 is 0.957 bits per heavy atom. The van der Waals surface area contributed by atoms with Crippen molar-refractivity contribution in [2.75, 3.05) is 5.01 Å². The predicted molar refractivity (Wildman–Crippen MR) is 90.0 cm³/mol. The Kier molecular flexibility index (Phi) is 4.43. The van der Waals surface area contributed by atoms with Crippen LogP contribution in [0.1, 0.15) is 21.9 Å². The molecule has 116 valence electrons. The molecule has 3 rings (SSSR count). The highest BCUT2D eigenvalue weighted by atomic mass is 16.3. The summed E-state index contributed by atoms with van der Waals surface area (Å²) in [5, 5.41) is 1.82. The average molecular weight is 306 g/mol. The summed E-state index contributed by atoms with van der Waals surface area (Å²) in [5.41, 5.74) is 4.93. The second kappa shape index (κ2) is 6.83. The lowest BCUT2D eigenvalue weighted by Gasteiger charge is -2.25. The maximum Gasteiger partial charge on any atom is 0.305 e. The van der Waals surface area contributed by atoms with Crippen molar-refractivity contribution in [2.45, 2.75) is 13.5 Å². The summed E-state index contributed by atoms with van der Waals surface area (Å²) in [6.07, 6.45) is 0. The van der Waals surface area contributed by atoms with Crippen LogP contribution in [-0.4, -0.2) is 5.91 Å². The fourth-order valence-corrected chi connectivity index (χ4v) is 2.30. The van der Waals surface area contributed by atoms with Gasteiger partial charge >= 0.3 is 5.91 Å². The summed E-state index contributed by atoms with van der Waals surface area (Å²) in [6.45, 7) is 2.38. The topological polar surface area (TPSA) is 45.5 Å². The van der Waals surface area contributed by atoms with Gasteiger partial charge < -0.3 is 4.42 Å². The molecule has 0 aliphatic heterocycles. The molecule has 23 heavy (non-hydrogen) atoms. The SMILES string of the molecule is Cc1ccc(C(=O)NN(Cc2ccccc2)c2ccccc2)o1. The van der Waals surface area contributed by atoms with Crippen molar-refractivity contribution < 1.29 is 9.21 Å². The number of nitrogens with one attached hydrogen (secondary N) is 1. The summed E-state index contributed by atoms with van der Waals surface area (Å²) < 4.78 is 5.39. The third-order valence-electron chi connectivity index (χ3n) is 3.45. The number of benzene rings is 2. The number of carbonyl (C=O) groups excluding carboxylic acids is 1. The summed E-state index contributed by atoms with van der Waals surface area (Å²) in [5.74, 6) is 0.749. The number of hydrogen-bond acceptors (Lipinski definition) is 3. The largest absolute Gasteiger partial charge is 0.456 e. The number of carbonyl (C=O) groups is 1. The molecule has 0 unspecified atom stereocenters. The normalized spacial score (nSPS) is 10.3. The molecule has 1 aromatic heterocycles. The fourth-order valence-electron chi connectivity index (χ4n) is 2.30. The summed E-state index contributed by atoms with van der Waals surface area (Å²) in [7, 11) is 0. The van der Waals surface area contributed by atoms with Crippen molar-refractivity contribution in [1.29, 1.82) is 0 Å². The molecule has 0 fully saturated rings. The molecule has 1 N–H and O–H groups in total. The maximum absolute atomic E-state index is 12.4. The highest BCUT2D eigenvalue weighted by molar-refractivity contribution is 5.92. The lowest BCUT2D eigenvalue weighted by atomic mass is 10.2. The Hall–Kier alpha value is -3.01. The van der Waals surface area contributed by atoms with Crippen molar-refractivity contribution in [1.82, 2.24) is 5.43 Å². The molecule has 4 nitrogen and oxygen atoms in total. The zero-order valence-corrected chi connectivity index (χ0v) is 12.9. The molecule has 4 heteroatoms. The number of hydrazine groups is 1. The van der Waals surface area contributed by atoms with Gasteiger partial charge in [0.2, 0.25) is 0 Å². The fraction of sp³-hybridized carbons (Fsp3) is 0.105. The van der Waals surface area contributed by atoms with E-state index in [0.717, 1.165) is 11.3 Å². The molecule has 0 saturated heterocycles. The van der Waals surface area contributed by atoms with E-state index in [1.54, 1.807) is 12.1 Å². The van der Waals surface area contributed by atoms with Crippen LogP contribution < -0.4 is 10.4 Å². The Morgan fingerprint density at radius 3 is 2.22 bits per heavy atom. The summed E-state index contributed by atoms with van der Waals surface area (Å²) >= 11 is 0. The van der Waals surface area contributed by atoms with E-state index < -0.39 is 0 Å². The maximum atomic E-state index is 12.4. The first kappa shape index (κ1) is 14.9. The molecular formula is C19H18N2O2. The molecule has 2 aromatic carbocycles. The number of para-hydroxylation sites is 1. The lowest BCUT2D eigenvalue weighted by molar-refractivity contribution is 0.0919. The van der Waals surface area contributed by atoms with E-state index in [2.05, 4.69) is 5.43 Å². The van der Waals surface area contributed by atoms with E-state index in [1.807, 2.05) is 72.6 Å². The quantitative estimate of drug-likeness (QED) is 0.726. The van der Waals surface area contributed by atoms with E-state index in [1.165, 1.54) is 0 Å². The van der Waals surface area contributed by atoms with Gasteiger partial charge in [0.05, 0.1) is 12.2 Å². The van der Waals surface area contributed by atoms with E-state index in [-0.39, 0.29) is 5.91 Å². The molecule has 0 atom stereocenters. The average Bonchev–Trinajstić information content (AvgIpc) is 3.03. The molecule has 0 spiro atoms. The Labute approximate surface area is 135 Å². The van der Waals surface area contributed by atoms with Crippen LogP contribution in [0.2, 0.25) is 0 Å². The number of nitrogens with zero attached hydrogens (tertiary/aromatic N) is 1. The van der Waals surface area contributed by atoms with Gasteiger partial charge in [-0.1, -0.05) is 48.5 Å². The first-order chi connectivity index (χ1) is 11.2. The van der Waals surface area contributed by atoms with Gasteiger partial charge in [0.25, 0.3) is 0 Å². The third-order valence-corrected chi connectivity index (χ3v) is 3.45. The van der Waals surface area contributed by atoms with Crippen LogP contribution in [0.5, 0.6) is 0 Å². The van der Waals surface area contributed by atoms with Crippen LogP contribution in [-0.2, 0) is 6.54 Å². The van der Waals surface area contributed by atoms with Gasteiger partial charge in [0.15, 0.2) is 5.76 Å². The Morgan fingerprint density at radius 2 is 1.61 bits per heavy atom. The van der Waals surface area contributed by atoms with Gasteiger partial charge in [0, 0.05) is 0 Å². The molecular weight excluding hydrogens is 288 g/mol. The van der Waals surface area contributed by atoms with Crippen LogP contribution in [0.15, 0.2) is 77.2 Å². The van der Waals surface area contributed by atoms with E-state index in [4.69, 9.17) is 4.42 Å². The molecule has 0 aliphatic carbocycles. The number of aryl methyl sites for hydroxylation is 1. The van der Waals surface area contributed by atoms with Crippen molar-refractivity contribution in [3.05, 3.63) is 89.9 Å². The van der Waals surface area contributed by atoms with E-state index in [9.17, 15) is 4.79 Å². The van der Waals surface area contributed by atoms with Crippen LogP contribution in [0.3, 0.4) is 0 Å². The molecule has 1 heterocycles.